The van der Waals surface area contributed by atoms with Crippen LogP contribution in [0.15, 0.2) is 66.4 Å². The third-order valence-corrected chi connectivity index (χ3v) is 6.44. The number of amides is 1. The number of hydrogen-bond acceptors (Lipinski definition) is 4. The van der Waals surface area contributed by atoms with Gasteiger partial charge in [-0.2, -0.15) is 0 Å². The van der Waals surface area contributed by atoms with Gasteiger partial charge in [0.25, 0.3) is 5.91 Å². The Morgan fingerprint density at radius 2 is 1.93 bits per heavy atom. The first-order valence-corrected chi connectivity index (χ1v) is 10.5. The maximum absolute atomic E-state index is 12.7. The van der Waals surface area contributed by atoms with E-state index in [1.54, 1.807) is 11.3 Å². The molecule has 3 aromatic rings. The Hall–Kier alpha value is -2.92. The lowest BCUT2D eigenvalue weighted by Gasteiger charge is -2.26. The van der Waals surface area contributed by atoms with Crippen molar-refractivity contribution < 1.29 is 4.79 Å². The Labute approximate surface area is 168 Å². The SMILES string of the molecule is O=C(NCc1nc2ccccc2s1)c1ccc2c(c1)CCN(C1=CC=C1)CC2. The number of nitrogens with one attached hydrogen (secondary N) is 1. The summed E-state index contributed by atoms with van der Waals surface area (Å²) in [5, 5.41) is 3.96. The Balaban J connectivity index is 1.26. The average molecular weight is 388 g/mol. The molecule has 0 saturated carbocycles. The lowest BCUT2D eigenvalue weighted by molar-refractivity contribution is 0.0951. The fourth-order valence-electron chi connectivity index (χ4n) is 3.77. The molecule has 0 spiro atoms. The Kier molecular flexibility index (Phi) is 4.45. The van der Waals surface area contributed by atoms with E-state index in [1.807, 2.05) is 24.3 Å². The number of thiazole rings is 1. The van der Waals surface area contributed by atoms with Crippen molar-refractivity contribution in [1.82, 2.24) is 15.2 Å². The van der Waals surface area contributed by atoms with Crippen LogP contribution in [0.25, 0.3) is 10.2 Å². The Morgan fingerprint density at radius 1 is 1.11 bits per heavy atom. The van der Waals surface area contributed by atoms with E-state index in [4.69, 9.17) is 0 Å². The second-order valence-electron chi connectivity index (χ2n) is 7.18. The molecule has 2 aromatic carbocycles. The lowest BCUT2D eigenvalue weighted by atomic mass is 10.00. The van der Waals surface area contributed by atoms with E-state index in [0.717, 1.165) is 46.7 Å². The van der Waals surface area contributed by atoms with Gasteiger partial charge >= 0.3 is 0 Å². The molecule has 2 aliphatic rings. The molecule has 0 radical (unpaired) electrons. The topological polar surface area (TPSA) is 45.2 Å². The predicted octanol–water partition coefficient (Wildman–Crippen LogP) is 4.08. The molecule has 1 aromatic heterocycles. The van der Waals surface area contributed by atoms with Gasteiger partial charge in [-0.1, -0.05) is 24.3 Å². The number of nitrogens with zero attached hydrogens (tertiary/aromatic N) is 2. The molecular formula is C23H21N3OS. The predicted molar refractivity (Wildman–Crippen MR) is 113 cm³/mol. The third-order valence-electron chi connectivity index (χ3n) is 5.41. The summed E-state index contributed by atoms with van der Waals surface area (Å²) in [5.74, 6) is -0.0345. The van der Waals surface area contributed by atoms with Gasteiger partial charge in [0.05, 0.1) is 16.8 Å². The average Bonchev–Trinajstić information content (AvgIpc) is 2.99. The monoisotopic (exact) mass is 387 g/mol. The maximum atomic E-state index is 12.7. The van der Waals surface area contributed by atoms with Gasteiger partial charge < -0.3 is 10.2 Å². The molecular weight excluding hydrogens is 366 g/mol. The minimum atomic E-state index is -0.0345. The van der Waals surface area contributed by atoms with Crippen molar-refractivity contribution in [3.63, 3.8) is 0 Å². The number of carbonyl (C=O) groups is 1. The van der Waals surface area contributed by atoms with Gasteiger partial charge in [0.2, 0.25) is 0 Å². The molecule has 4 nitrogen and oxygen atoms in total. The van der Waals surface area contributed by atoms with Gasteiger partial charge in [-0.25, -0.2) is 4.98 Å². The van der Waals surface area contributed by atoms with Crippen LogP contribution in [0.4, 0.5) is 0 Å². The van der Waals surface area contributed by atoms with Crippen LogP contribution in [0, 0.1) is 0 Å². The number of allylic oxidation sites excluding steroid dienone is 3. The largest absolute Gasteiger partial charge is 0.371 e. The van der Waals surface area contributed by atoms with E-state index in [-0.39, 0.29) is 5.91 Å². The highest BCUT2D eigenvalue weighted by Gasteiger charge is 2.18. The summed E-state index contributed by atoms with van der Waals surface area (Å²) in [5.41, 5.74) is 5.69. The van der Waals surface area contributed by atoms with Crippen LogP contribution in [0.5, 0.6) is 0 Å². The molecule has 1 aliphatic carbocycles. The molecule has 0 atom stereocenters. The number of aromatic nitrogens is 1. The van der Waals surface area contributed by atoms with Crippen LogP contribution in [0.1, 0.15) is 26.5 Å². The number of rotatable bonds is 4. The molecule has 5 rings (SSSR count). The van der Waals surface area contributed by atoms with Gasteiger partial charge in [-0.3, -0.25) is 4.79 Å². The van der Waals surface area contributed by atoms with E-state index in [9.17, 15) is 4.79 Å². The van der Waals surface area contributed by atoms with Crippen molar-refractivity contribution in [3.05, 3.63) is 88.1 Å². The van der Waals surface area contributed by atoms with Crippen LogP contribution in [-0.2, 0) is 19.4 Å². The fourth-order valence-corrected chi connectivity index (χ4v) is 4.68. The molecule has 1 N–H and O–H groups in total. The highest BCUT2D eigenvalue weighted by atomic mass is 32.1. The third kappa shape index (κ3) is 3.34. The highest BCUT2D eigenvalue weighted by molar-refractivity contribution is 7.18. The second-order valence-corrected chi connectivity index (χ2v) is 8.29. The van der Waals surface area contributed by atoms with Gasteiger partial charge in [-0.05, 0) is 60.4 Å². The van der Waals surface area contributed by atoms with Crippen molar-refractivity contribution in [2.45, 2.75) is 19.4 Å². The van der Waals surface area contributed by atoms with Gasteiger partial charge in [0.15, 0.2) is 0 Å². The van der Waals surface area contributed by atoms with E-state index in [2.05, 4.69) is 51.6 Å². The molecule has 1 aliphatic heterocycles. The van der Waals surface area contributed by atoms with Crippen molar-refractivity contribution in [2.24, 2.45) is 0 Å². The molecule has 0 fully saturated rings. The summed E-state index contributed by atoms with van der Waals surface area (Å²) in [6.45, 7) is 2.50. The maximum Gasteiger partial charge on any atom is 0.251 e. The van der Waals surface area contributed by atoms with E-state index in [0.29, 0.717) is 6.54 Å². The van der Waals surface area contributed by atoms with Crippen LogP contribution < -0.4 is 5.32 Å². The number of carbonyl (C=O) groups excluding carboxylic acids is 1. The molecule has 0 saturated heterocycles. The normalized spacial score (nSPS) is 15.6. The minimum Gasteiger partial charge on any atom is -0.371 e. The zero-order valence-corrected chi connectivity index (χ0v) is 16.3. The van der Waals surface area contributed by atoms with Gasteiger partial charge in [-0.15, -0.1) is 11.3 Å². The Morgan fingerprint density at radius 3 is 2.71 bits per heavy atom. The lowest BCUT2D eigenvalue weighted by Crippen LogP contribution is -2.26. The van der Waals surface area contributed by atoms with Crippen LogP contribution >= 0.6 is 11.3 Å². The number of fused-ring (bicyclic) bond motifs is 2. The molecule has 0 unspecified atom stereocenters. The van der Waals surface area contributed by atoms with Crippen molar-refractivity contribution in [2.75, 3.05) is 13.1 Å². The Bertz CT molecular complexity index is 1080. The summed E-state index contributed by atoms with van der Waals surface area (Å²) in [4.78, 5) is 19.7. The fraction of sp³-hybridized carbons (Fsp3) is 0.217. The highest BCUT2D eigenvalue weighted by Crippen LogP contribution is 2.23. The summed E-state index contributed by atoms with van der Waals surface area (Å²) in [6, 6.07) is 14.2. The molecule has 5 heteroatoms. The van der Waals surface area contributed by atoms with Crippen molar-refractivity contribution in [1.29, 1.82) is 0 Å². The van der Waals surface area contributed by atoms with Crippen LogP contribution in [0.3, 0.4) is 0 Å². The van der Waals surface area contributed by atoms with E-state index in [1.165, 1.54) is 16.8 Å². The first kappa shape index (κ1) is 17.2. The number of hydrogen-bond donors (Lipinski definition) is 1. The van der Waals surface area contributed by atoms with Crippen molar-refractivity contribution >= 4 is 27.5 Å². The summed E-state index contributed by atoms with van der Waals surface area (Å²) in [6.07, 6.45) is 8.41. The molecule has 2 heterocycles. The first-order chi connectivity index (χ1) is 13.8. The standard InChI is InChI=1S/C23H21N3OS/c27-23(24-15-22-25-20-6-1-2-7-21(20)28-22)18-9-8-16-10-12-26(19-4-3-5-19)13-11-17(16)14-18/h1-9,14H,10-13,15H2,(H,24,27). The summed E-state index contributed by atoms with van der Waals surface area (Å²) in [7, 11) is 0. The first-order valence-electron chi connectivity index (χ1n) is 9.64. The second kappa shape index (κ2) is 7.24. The van der Waals surface area contributed by atoms with Crippen molar-refractivity contribution in [3.8, 4) is 0 Å². The zero-order valence-electron chi connectivity index (χ0n) is 15.5. The summed E-state index contributed by atoms with van der Waals surface area (Å²) < 4.78 is 1.15. The quantitative estimate of drug-likeness (QED) is 0.734. The van der Waals surface area contributed by atoms with Gasteiger partial charge in [0, 0.05) is 24.4 Å². The summed E-state index contributed by atoms with van der Waals surface area (Å²) >= 11 is 1.63. The smallest absolute Gasteiger partial charge is 0.251 e. The van der Waals surface area contributed by atoms with Crippen LogP contribution in [-0.4, -0.2) is 28.9 Å². The number of benzene rings is 2. The molecule has 140 valence electrons. The molecule has 0 bridgehead atoms. The minimum absolute atomic E-state index is 0.0345. The number of para-hydroxylation sites is 1. The molecule has 28 heavy (non-hydrogen) atoms. The van der Waals surface area contributed by atoms with Gasteiger partial charge in [0.1, 0.15) is 5.01 Å². The van der Waals surface area contributed by atoms with Crippen LogP contribution in [0.2, 0.25) is 0 Å². The van der Waals surface area contributed by atoms with E-state index >= 15 is 0 Å². The molecule has 1 amide bonds. The zero-order chi connectivity index (χ0) is 18.9. The van der Waals surface area contributed by atoms with E-state index < -0.39 is 0 Å².